The molecule has 0 rings (SSSR count). The fourth-order valence-corrected chi connectivity index (χ4v) is 1.24. The fraction of sp³-hybridized carbons (Fsp3) is 0.846. The van der Waals surface area contributed by atoms with Crippen LogP contribution in [-0.2, 0) is 9.59 Å². The van der Waals surface area contributed by atoms with Gasteiger partial charge in [-0.05, 0) is 34.0 Å². The van der Waals surface area contributed by atoms with E-state index in [1.54, 1.807) is 6.92 Å². The summed E-state index contributed by atoms with van der Waals surface area (Å²) in [6.07, 6.45) is 0.901. The van der Waals surface area contributed by atoms with Crippen LogP contribution in [0.15, 0.2) is 0 Å². The monoisotopic (exact) mass is 257 g/mol. The molecule has 1 atom stereocenters. The van der Waals surface area contributed by atoms with Gasteiger partial charge in [-0.25, -0.2) is 0 Å². The minimum atomic E-state index is -0.490. The van der Waals surface area contributed by atoms with E-state index in [9.17, 15) is 9.59 Å². The van der Waals surface area contributed by atoms with Crippen LogP contribution in [0.3, 0.4) is 0 Å². The molecule has 5 heteroatoms. The van der Waals surface area contributed by atoms with Gasteiger partial charge in [0.2, 0.25) is 11.8 Å². The van der Waals surface area contributed by atoms with Crippen molar-refractivity contribution >= 4 is 11.8 Å². The Morgan fingerprint density at radius 3 is 2.22 bits per heavy atom. The first-order valence-electron chi connectivity index (χ1n) is 6.38. The lowest BCUT2D eigenvalue weighted by atomic mass is 9.95. The second-order valence-corrected chi connectivity index (χ2v) is 5.89. The van der Waals surface area contributed by atoms with E-state index in [4.69, 9.17) is 0 Å². The summed E-state index contributed by atoms with van der Waals surface area (Å²) in [6, 6.07) is -0.490. The molecule has 106 valence electrons. The molecule has 0 radical (unpaired) electrons. The first-order valence-corrected chi connectivity index (χ1v) is 6.38. The maximum absolute atomic E-state index is 11.7. The molecule has 0 aromatic carbocycles. The summed E-state index contributed by atoms with van der Waals surface area (Å²) in [4.78, 5) is 25.5. The summed E-state index contributed by atoms with van der Waals surface area (Å²) in [5.74, 6) is -0.246. The Morgan fingerprint density at radius 2 is 1.78 bits per heavy atom. The van der Waals surface area contributed by atoms with Crippen LogP contribution in [0.5, 0.6) is 0 Å². The lowest BCUT2D eigenvalue weighted by Crippen LogP contribution is -2.48. The number of hydrogen-bond acceptors (Lipinski definition) is 3. The van der Waals surface area contributed by atoms with Crippen molar-refractivity contribution in [2.75, 3.05) is 27.2 Å². The molecule has 0 spiro atoms. The average molecular weight is 257 g/mol. The van der Waals surface area contributed by atoms with Crippen molar-refractivity contribution in [3.63, 3.8) is 0 Å². The second kappa shape index (κ2) is 7.36. The minimum Gasteiger partial charge on any atom is -0.354 e. The number of carbonyl (C=O) groups is 2. The summed E-state index contributed by atoms with van der Waals surface area (Å²) >= 11 is 0. The summed E-state index contributed by atoms with van der Waals surface area (Å²) in [5, 5.41) is 5.52. The predicted octanol–water partition coefficient (Wildman–Crippen LogP) is 0.605. The molecule has 18 heavy (non-hydrogen) atoms. The molecule has 0 fully saturated rings. The van der Waals surface area contributed by atoms with Gasteiger partial charge in [0.1, 0.15) is 6.04 Å². The molecule has 0 saturated carbocycles. The average Bonchev–Trinajstić information content (AvgIpc) is 2.22. The highest BCUT2D eigenvalue weighted by Gasteiger charge is 2.24. The summed E-state index contributed by atoms with van der Waals surface area (Å²) in [5.41, 5.74) is -0.473. The van der Waals surface area contributed by atoms with Crippen molar-refractivity contribution in [1.82, 2.24) is 15.5 Å². The Kier molecular flexibility index (Phi) is 6.91. The number of amides is 2. The second-order valence-electron chi connectivity index (χ2n) is 5.89. The van der Waals surface area contributed by atoms with Crippen LogP contribution in [0.25, 0.3) is 0 Å². The van der Waals surface area contributed by atoms with Crippen LogP contribution < -0.4 is 10.6 Å². The maximum Gasteiger partial charge on any atom is 0.242 e. The van der Waals surface area contributed by atoms with E-state index < -0.39 is 11.5 Å². The summed E-state index contributed by atoms with van der Waals surface area (Å²) < 4.78 is 0. The molecule has 2 amide bonds. The largest absolute Gasteiger partial charge is 0.354 e. The van der Waals surface area contributed by atoms with Crippen LogP contribution in [0.1, 0.15) is 34.1 Å². The van der Waals surface area contributed by atoms with Crippen molar-refractivity contribution in [2.24, 2.45) is 5.41 Å². The Balaban J connectivity index is 3.94. The zero-order valence-corrected chi connectivity index (χ0v) is 12.5. The van der Waals surface area contributed by atoms with Gasteiger partial charge in [0, 0.05) is 12.0 Å². The number of nitrogens with zero attached hydrogens (tertiary/aromatic N) is 1. The van der Waals surface area contributed by atoms with Crippen molar-refractivity contribution in [3.8, 4) is 0 Å². The van der Waals surface area contributed by atoms with Gasteiger partial charge in [0.25, 0.3) is 0 Å². The van der Waals surface area contributed by atoms with Crippen LogP contribution in [0, 0.1) is 5.41 Å². The number of carbonyl (C=O) groups excluding carboxylic acids is 2. The van der Waals surface area contributed by atoms with Gasteiger partial charge in [-0.1, -0.05) is 20.8 Å². The number of hydrogen-bond donors (Lipinski definition) is 2. The van der Waals surface area contributed by atoms with Gasteiger partial charge >= 0.3 is 0 Å². The van der Waals surface area contributed by atoms with Crippen LogP contribution in [0.2, 0.25) is 0 Å². The van der Waals surface area contributed by atoms with Gasteiger partial charge in [0.15, 0.2) is 0 Å². The van der Waals surface area contributed by atoms with Crippen molar-refractivity contribution < 1.29 is 9.59 Å². The third kappa shape index (κ3) is 7.27. The van der Waals surface area contributed by atoms with Gasteiger partial charge < -0.3 is 15.5 Å². The topological polar surface area (TPSA) is 61.4 Å². The molecule has 0 heterocycles. The first-order chi connectivity index (χ1) is 8.14. The standard InChI is InChI=1S/C13H27N3O2/c1-10(15-12(18)13(2,3)4)11(17)14-8-7-9-16(5)6/h10H,7-9H2,1-6H3,(H,14,17)(H,15,18). The quantitative estimate of drug-likeness (QED) is 0.685. The molecule has 2 N–H and O–H groups in total. The van der Waals surface area contributed by atoms with Crippen LogP contribution >= 0.6 is 0 Å². The Bertz CT molecular complexity index is 282. The maximum atomic E-state index is 11.7. The molecule has 5 nitrogen and oxygen atoms in total. The van der Waals surface area contributed by atoms with Crippen molar-refractivity contribution in [2.45, 2.75) is 40.2 Å². The van der Waals surface area contributed by atoms with Gasteiger partial charge in [0.05, 0.1) is 0 Å². The van der Waals surface area contributed by atoms with Crippen LogP contribution in [0.4, 0.5) is 0 Å². The van der Waals surface area contributed by atoms with E-state index >= 15 is 0 Å². The molecule has 0 aliphatic heterocycles. The highest BCUT2D eigenvalue weighted by molar-refractivity contribution is 5.89. The Morgan fingerprint density at radius 1 is 1.22 bits per heavy atom. The fourth-order valence-electron chi connectivity index (χ4n) is 1.24. The highest BCUT2D eigenvalue weighted by atomic mass is 16.2. The van der Waals surface area contributed by atoms with Crippen molar-refractivity contribution in [3.05, 3.63) is 0 Å². The number of rotatable bonds is 6. The minimum absolute atomic E-state index is 0.113. The highest BCUT2D eigenvalue weighted by Crippen LogP contribution is 2.12. The molecule has 0 aromatic heterocycles. The Labute approximate surface area is 110 Å². The smallest absolute Gasteiger partial charge is 0.242 e. The molecule has 0 aromatic rings. The molecular weight excluding hydrogens is 230 g/mol. The summed E-state index contributed by atoms with van der Waals surface area (Å²) in [6.45, 7) is 8.73. The van der Waals surface area contributed by atoms with E-state index in [1.165, 1.54) is 0 Å². The third-order valence-electron chi connectivity index (χ3n) is 2.50. The van der Waals surface area contributed by atoms with E-state index in [1.807, 2.05) is 34.9 Å². The molecule has 0 aliphatic rings. The summed E-state index contributed by atoms with van der Waals surface area (Å²) in [7, 11) is 3.99. The molecule has 0 saturated heterocycles. The number of nitrogens with one attached hydrogen (secondary N) is 2. The van der Waals surface area contributed by atoms with Gasteiger partial charge in [-0.3, -0.25) is 9.59 Å². The molecule has 0 aliphatic carbocycles. The lowest BCUT2D eigenvalue weighted by molar-refractivity contribution is -0.133. The molecular formula is C13H27N3O2. The van der Waals surface area contributed by atoms with E-state index in [0.717, 1.165) is 13.0 Å². The zero-order valence-electron chi connectivity index (χ0n) is 12.5. The van der Waals surface area contributed by atoms with Gasteiger partial charge in [-0.15, -0.1) is 0 Å². The lowest BCUT2D eigenvalue weighted by Gasteiger charge is -2.21. The van der Waals surface area contributed by atoms with E-state index in [0.29, 0.717) is 6.54 Å². The van der Waals surface area contributed by atoms with E-state index in [2.05, 4.69) is 15.5 Å². The normalized spacial score (nSPS) is 13.3. The zero-order chi connectivity index (χ0) is 14.3. The van der Waals surface area contributed by atoms with Crippen LogP contribution in [-0.4, -0.2) is 49.9 Å². The molecule has 1 unspecified atom stereocenters. The Hall–Kier alpha value is -1.10. The van der Waals surface area contributed by atoms with Crippen molar-refractivity contribution in [1.29, 1.82) is 0 Å². The third-order valence-corrected chi connectivity index (χ3v) is 2.50. The van der Waals surface area contributed by atoms with Gasteiger partial charge in [-0.2, -0.15) is 0 Å². The van der Waals surface area contributed by atoms with E-state index in [-0.39, 0.29) is 11.8 Å². The first kappa shape index (κ1) is 16.9. The SMILES string of the molecule is CC(NC(=O)C(C)(C)C)C(=O)NCCCN(C)C. The molecule has 0 bridgehead atoms. The predicted molar refractivity (Wildman–Crippen MR) is 73.2 cm³/mol.